The Morgan fingerprint density at radius 3 is 2.85 bits per heavy atom. The van der Waals surface area contributed by atoms with Gasteiger partial charge >= 0.3 is 0 Å². The highest BCUT2D eigenvalue weighted by molar-refractivity contribution is 5.54. The number of nitrogens with zero attached hydrogens (tertiary/aromatic N) is 2. The first-order chi connectivity index (χ1) is 9.69. The molecule has 2 aliphatic rings. The molecule has 0 aromatic heterocycles. The summed E-state index contributed by atoms with van der Waals surface area (Å²) in [5, 5.41) is 3.15. The molecule has 1 aromatic rings. The summed E-state index contributed by atoms with van der Waals surface area (Å²) in [6, 6.07) is 6.58. The summed E-state index contributed by atoms with van der Waals surface area (Å²) >= 11 is 0. The molecule has 2 unspecified atom stereocenters. The molecule has 3 rings (SSSR count). The second-order valence-electron chi connectivity index (χ2n) is 6.09. The number of rotatable bonds is 3. The van der Waals surface area contributed by atoms with E-state index in [9.17, 15) is 4.39 Å². The first-order valence-electron chi connectivity index (χ1n) is 7.59. The minimum Gasteiger partial charge on any atom is -0.370 e. The highest BCUT2D eigenvalue weighted by Crippen LogP contribution is 2.32. The summed E-state index contributed by atoms with van der Waals surface area (Å²) in [5.41, 5.74) is 2.26. The summed E-state index contributed by atoms with van der Waals surface area (Å²) < 4.78 is 13.5. The van der Waals surface area contributed by atoms with Crippen LogP contribution in [0.25, 0.3) is 0 Å². The van der Waals surface area contributed by atoms with E-state index in [1.165, 1.54) is 24.9 Å². The van der Waals surface area contributed by atoms with Crippen LogP contribution < -0.4 is 10.2 Å². The fourth-order valence-corrected chi connectivity index (χ4v) is 3.72. The van der Waals surface area contributed by atoms with Gasteiger partial charge < -0.3 is 10.2 Å². The molecule has 2 aliphatic heterocycles. The zero-order valence-electron chi connectivity index (χ0n) is 12.4. The summed E-state index contributed by atoms with van der Waals surface area (Å²) in [7, 11) is 4.16. The van der Waals surface area contributed by atoms with Gasteiger partial charge in [-0.15, -0.1) is 0 Å². The van der Waals surface area contributed by atoms with Crippen molar-refractivity contribution in [2.45, 2.75) is 37.9 Å². The number of benzene rings is 1. The van der Waals surface area contributed by atoms with E-state index in [1.807, 2.05) is 13.1 Å². The van der Waals surface area contributed by atoms with Crippen molar-refractivity contribution in [1.29, 1.82) is 0 Å². The van der Waals surface area contributed by atoms with Gasteiger partial charge in [0.2, 0.25) is 0 Å². The smallest absolute Gasteiger partial charge is 0.123 e. The number of nitrogens with one attached hydrogen (secondary N) is 1. The van der Waals surface area contributed by atoms with Crippen LogP contribution in [0.1, 0.15) is 24.8 Å². The van der Waals surface area contributed by atoms with Crippen molar-refractivity contribution >= 4 is 5.69 Å². The van der Waals surface area contributed by atoms with Crippen molar-refractivity contribution in [3.63, 3.8) is 0 Å². The number of likely N-dealkylation sites (N-methyl/N-ethyl adjacent to an activating group) is 1. The molecule has 0 saturated carbocycles. The fraction of sp³-hybridized carbons (Fsp3) is 0.625. The molecule has 1 N–H and O–H groups in total. The van der Waals surface area contributed by atoms with Gasteiger partial charge in [0.25, 0.3) is 0 Å². The van der Waals surface area contributed by atoms with Crippen molar-refractivity contribution in [1.82, 2.24) is 10.2 Å². The zero-order chi connectivity index (χ0) is 14.1. The van der Waals surface area contributed by atoms with Crippen molar-refractivity contribution in [3.8, 4) is 0 Å². The van der Waals surface area contributed by atoms with Crippen molar-refractivity contribution in [3.05, 3.63) is 29.6 Å². The van der Waals surface area contributed by atoms with Crippen LogP contribution in [0, 0.1) is 5.82 Å². The third-order valence-electron chi connectivity index (χ3n) is 4.90. The van der Waals surface area contributed by atoms with Crippen molar-refractivity contribution in [2.75, 3.05) is 32.1 Å². The Morgan fingerprint density at radius 1 is 1.25 bits per heavy atom. The predicted octanol–water partition coefficient (Wildman–Crippen LogP) is 2.22. The molecule has 0 amide bonds. The average molecular weight is 277 g/mol. The minimum absolute atomic E-state index is 0.146. The van der Waals surface area contributed by atoms with Gasteiger partial charge in [0.1, 0.15) is 5.82 Å². The summed E-state index contributed by atoms with van der Waals surface area (Å²) in [6.07, 6.45) is 3.84. The molecule has 2 fully saturated rings. The van der Waals surface area contributed by atoms with Crippen LogP contribution in [0.15, 0.2) is 18.2 Å². The molecule has 3 nitrogen and oxygen atoms in total. The highest BCUT2D eigenvalue weighted by atomic mass is 19.1. The van der Waals surface area contributed by atoms with Gasteiger partial charge in [-0.2, -0.15) is 0 Å². The lowest BCUT2D eigenvalue weighted by Gasteiger charge is -2.29. The van der Waals surface area contributed by atoms with Gasteiger partial charge in [0.05, 0.1) is 0 Å². The van der Waals surface area contributed by atoms with Crippen LogP contribution in [-0.4, -0.2) is 44.2 Å². The van der Waals surface area contributed by atoms with E-state index in [0.29, 0.717) is 12.6 Å². The summed E-state index contributed by atoms with van der Waals surface area (Å²) in [4.78, 5) is 4.99. The van der Waals surface area contributed by atoms with E-state index in [4.69, 9.17) is 0 Å². The quantitative estimate of drug-likeness (QED) is 0.914. The van der Waals surface area contributed by atoms with Crippen LogP contribution in [0.3, 0.4) is 0 Å². The number of hydrogen-bond donors (Lipinski definition) is 1. The monoisotopic (exact) mass is 277 g/mol. The van der Waals surface area contributed by atoms with Gasteiger partial charge in [0, 0.05) is 37.4 Å². The van der Waals surface area contributed by atoms with Crippen molar-refractivity contribution in [2.24, 2.45) is 0 Å². The van der Waals surface area contributed by atoms with Gasteiger partial charge in [-0.25, -0.2) is 4.39 Å². The first kappa shape index (κ1) is 13.8. The largest absolute Gasteiger partial charge is 0.370 e. The van der Waals surface area contributed by atoms with Crippen LogP contribution in [-0.2, 0) is 6.54 Å². The maximum atomic E-state index is 13.5. The Morgan fingerprint density at radius 2 is 2.05 bits per heavy atom. The Bertz CT molecular complexity index is 477. The first-order valence-corrected chi connectivity index (χ1v) is 7.59. The molecular weight excluding hydrogens is 253 g/mol. The molecule has 20 heavy (non-hydrogen) atoms. The van der Waals surface area contributed by atoms with E-state index in [1.54, 1.807) is 12.1 Å². The Balaban J connectivity index is 1.85. The topological polar surface area (TPSA) is 18.5 Å². The van der Waals surface area contributed by atoms with Crippen LogP contribution in [0.4, 0.5) is 10.1 Å². The summed E-state index contributed by atoms with van der Waals surface area (Å²) in [5.74, 6) is -0.146. The van der Waals surface area contributed by atoms with Gasteiger partial charge in [-0.3, -0.25) is 4.90 Å². The SMILES string of the molecule is CNCc1cc(F)ccc1N1CCC2CCC(C1)N2C. The third-order valence-corrected chi connectivity index (χ3v) is 4.90. The lowest BCUT2D eigenvalue weighted by Crippen LogP contribution is -2.37. The maximum absolute atomic E-state index is 13.5. The highest BCUT2D eigenvalue weighted by Gasteiger charge is 2.35. The van der Waals surface area contributed by atoms with Crippen molar-refractivity contribution < 1.29 is 4.39 Å². The lowest BCUT2D eigenvalue weighted by molar-refractivity contribution is 0.254. The zero-order valence-corrected chi connectivity index (χ0v) is 12.4. The Kier molecular flexibility index (Phi) is 3.94. The van der Waals surface area contributed by atoms with E-state index in [0.717, 1.165) is 24.7 Å². The van der Waals surface area contributed by atoms with Crippen LogP contribution in [0.5, 0.6) is 0 Å². The molecule has 2 saturated heterocycles. The van der Waals surface area contributed by atoms with E-state index in [-0.39, 0.29) is 5.82 Å². The third kappa shape index (κ3) is 2.54. The van der Waals surface area contributed by atoms with E-state index >= 15 is 0 Å². The molecule has 2 bridgehead atoms. The second kappa shape index (κ2) is 5.70. The Labute approximate surface area is 120 Å². The second-order valence-corrected chi connectivity index (χ2v) is 6.09. The van der Waals surface area contributed by atoms with Gasteiger partial charge in [-0.05, 0) is 57.1 Å². The molecule has 0 spiro atoms. The number of fused-ring (bicyclic) bond motifs is 2. The van der Waals surface area contributed by atoms with Gasteiger partial charge in [0.15, 0.2) is 0 Å². The lowest BCUT2D eigenvalue weighted by atomic mass is 10.1. The number of anilines is 1. The molecule has 2 atom stereocenters. The van der Waals surface area contributed by atoms with E-state index < -0.39 is 0 Å². The normalized spacial score (nSPS) is 26.9. The fourth-order valence-electron chi connectivity index (χ4n) is 3.72. The maximum Gasteiger partial charge on any atom is 0.123 e. The van der Waals surface area contributed by atoms with Crippen LogP contribution >= 0.6 is 0 Å². The molecule has 2 heterocycles. The number of halogens is 1. The van der Waals surface area contributed by atoms with E-state index in [2.05, 4.69) is 22.2 Å². The summed E-state index contributed by atoms with van der Waals surface area (Å²) in [6.45, 7) is 2.86. The van der Waals surface area contributed by atoms with Gasteiger partial charge in [-0.1, -0.05) is 0 Å². The predicted molar refractivity (Wildman–Crippen MR) is 80.6 cm³/mol. The Hall–Kier alpha value is -1.13. The molecular formula is C16H24FN3. The minimum atomic E-state index is -0.146. The van der Waals surface area contributed by atoms with Crippen LogP contribution in [0.2, 0.25) is 0 Å². The average Bonchev–Trinajstić information content (AvgIpc) is 2.65. The molecule has 0 radical (unpaired) electrons. The standard InChI is InChI=1S/C16H24FN3/c1-18-10-12-9-13(17)3-6-16(12)20-8-7-14-4-5-15(11-20)19(14)2/h3,6,9,14-15,18H,4-5,7-8,10-11H2,1-2H3. The molecule has 1 aromatic carbocycles. The molecule has 4 heteroatoms. The number of hydrogen-bond acceptors (Lipinski definition) is 3. The molecule has 0 aliphatic carbocycles. The molecule has 110 valence electrons.